The maximum atomic E-state index is 12.9. The van der Waals surface area contributed by atoms with Crippen molar-refractivity contribution in [2.45, 2.75) is 12.8 Å². The number of H-pyrrole nitrogens is 1. The molecule has 0 unspecified atom stereocenters. The molecule has 1 aromatic carbocycles. The second-order valence-electron chi connectivity index (χ2n) is 5.12. The first-order valence-corrected chi connectivity index (χ1v) is 6.94. The van der Waals surface area contributed by atoms with Crippen LogP contribution in [0.2, 0.25) is 0 Å². The number of aromatic nitrogens is 1. The van der Waals surface area contributed by atoms with Gasteiger partial charge in [-0.25, -0.2) is 4.39 Å². The lowest BCUT2D eigenvalue weighted by Crippen LogP contribution is -2.32. The Hall–Kier alpha value is -2.43. The molecule has 1 amide bonds. The number of benzene rings is 1. The number of halogens is 1. The van der Waals surface area contributed by atoms with Gasteiger partial charge in [0.05, 0.1) is 0 Å². The molecule has 5 heteroatoms. The number of carbonyl (C=O) groups excluding carboxylic acids is 1. The third-order valence-electron chi connectivity index (χ3n) is 3.69. The number of carbonyl (C=O) groups is 1. The Bertz CT molecular complexity index is 716. The summed E-state index contributed by atoms with van der Waals surface area (Å²) in [7, 11) is 0. The van der Waals surface area contributed by atoms with E-state index in [1.165, 1.54) is 18.2 Å². The van der Waals surface area contributed by atoms with Crippen molar-refractivity contribution in [1.82, 2.24) is 9.88 Å². The van der Waals surface area contributed by atoms with E-state index in [0.29, 0.717) is 24.3 Å². The maximum Gasteiger partial charge on any atom is 0.261 e. The number of aromatic amines is 1. The topological polar surface area (TPSA) is 53.2 Å². The number of rotatable bonds is 2. The van der Waals surface area contributed by atoms with Crippen LogP contribution >= 0.6 is 0 Å². The van der Waals surface area contributed by atoms with Crippen LogP contribution < -0.4 is 5.56 Å². The minimum Gasteiger partial charge on any atom is -0.338 e. The summed E-state index contributed by atoms with van der Waals surface area (Å²) in [5.74, 6) is -0.554. The van der Waals surface area contributed by atoms with Gasteiger partial charge in [0, 0.05) is 18.8 Å². The summed E-state index contributed by atoms with van der Waals surface area (Å²) < 4.78 is 12.9. The quantitative estimate of drug-likeness (QED) is 0.921. The molecular formula is C16H15FN2O2. The van der Waals surface area contributed by atoms with Crippen LogP contribution in [0.25, 0.3) is 11.3 Å². The van der Waals surface area contributed by atoms with Crippen molar-refractivity contribution < 1.29 is 9.18 Å². The minimum absolute atomic E-state index is 0.155. The first-order chi connectivity index (χ1) is 10.1. The van der Waals surface area contributed by atoms with Gasteiger partial charge in [-0.05, 0) is 54.8 Å². The van der Waals surface area contributed by atoms with Crippen molar-refractivity contribution in [1.29, 1.82) is 0 Å². The van der Waals surface area contributed by atoms with Gasteiger partial charge in [0.2, 0.25) is 0 Å². The normalized spacial score (nSPS) is 14.4. The Morgan fingerprint density at radius 3 is 2.33 bits per heavy atom. The smallest absolute Gasteiger partial charge is 0.261 e. The Kier molecular flexibility index (Phi) is 3.56. The number of hydrogen-bond acceptors (Lipinski definition) is 2. The highest BCUT2D eigenvalue weighted by atomic mass is 19.1. The molecule has 0 saturated carbocycles. The average molecular weight is 286 g/mol. The van der Waals surface area contributed by atoms with Crippen molar-refractivity contribution in [3.63, 3.8) is 0 Å². The zero-order valence-corrected chi connectivity index (χ0v) is 11.4. The van der Waals surface area contributed by atoms with Crippen LogP contribution in [0.3, 0.4) is 0 Å². The first-order valence-electron chi connectivity index (χ1n) is 6.94. The number of likely N-dealkylation sites (tertiary alicyclic amines) is 1. The predicted octanol–water partition coefficient (Wildman–Crippen LogP) is 2.42. The first kappa shape index (κ1) is 13.5. The lowest BCUT2D eigenvalue weighted by molar-refractivity contribution is 0.0791. The van der Waals surface area contributed by atoms with Crippen molar-refractivity contribution in [2.24, 2.45) is 0 Å². The number of hydrogen-bond donors (Lipinski definition) is 1. The molecule has 1 aromatic heterocycles. The van der Waals surface area contributed by atoms with Crippen LogP contribution in [0.15, 0.2) is 41.2 Å². The molecule has 0 spiro atoms. The van der Waals surface area contributed by atoms with E-state index in [0.717, 1.165) is 12.8 Å². The van der Waals surface area contributed by atoms with Crippen LogP contribution in [-0.2, 0) is 0 Å². The molecule has 0 aliphatic carbocycles. The number of amides is 1. The summed E-state index contributed by atoms with van der Waals surface area (Å²) in [6.45, 7) is 1.41. The molecule has 2 aromatic rings. The van der Waals surface area contributed by atoms with E-state index in [9.17, 15) is 14.0 Å². The van der Waals surface area contributed by atoms with Crippen molar-refractivity contribution in [3.05, 3.63) is 58.1 Å². The van der Waals surface area contributed by atoms with Crippen LogP contribution in [0.1, 0.15) is 23.2 Å². The van der Waals surface area contributed by atoms with E-state index in [-0.39, 0.29) is 17.3 Å². The van der Waals surface area contributed by atoms with Crippen LogP contribution in [0.4, 0.5) is 4.39 Å². The summed E-state index contributed by atoms with van der Waals surface area (Å²) in [6, 6.07) is 9.05. The summed E-state index contributed by atoms with van der Waals surface area (Å²) in [5.41, 5.74) is 1.02. The second kappa shape index (κ2) is 5.52. The molecule has 108 valence electrons. The average Bonchev–Trinajstić information content (AvgIpc) is 3.01. The fourth-order valence-corrected chi connectivity index (χ4v) is 2.53. The van der Waals surface area contributed by atoms with Crippen molar-refractivity contribution >= 4 is 5.91 Å². The summed E-state index contributed by atoms with van der Waals surface area (Å²) >= 11 is 0. The highest BCUT2D eigenvalue weighted by Gasteiger charge is 2.21. The Morgan fingerprint density at radius 2 is 1.71 bits per heavy atom. The summed E-state index contributed by atoms with van der Waals surface area (Å²) in [4.78, 5) is 28.7. The molecule has 2 heterocycles. The molecule has 1 aliphatic heterocycles. The standard InChI is InChI=1S/C16H15FN2O2/c17-12-5-3-11(4-6-12)14-8-7-13(15(20)18-14)16(21)19-9-1-2-10-19/h3-8H,1-2,9-10H2,(H,18,20). The summed E-state index contributed by atoms with van der Waals surface area (Å²) in [5, 5.41) is 0. The van der Waals surface area contributed by atoms with Crippen LogP contribution in [0.5, 0.6) is 0 Å². The van der Waals surface area contributed by atoms with Crippen molar-refractivity contribution in [2.75, 3.05) is 13.1 Å². The molecule has 0 radical (unpaired) electrons. The number of pyridine rings is 1. The molecule has 1 aliphatic rings. The highest BCUT2D eigenvalue weighted by molar-refractivity contribution is 5.94. The van der Waals surface area contributed by atoms with Gasteiger partial charge in [0.25, 0.3) is 11.5 Å². The highest BCUT2D eigenvalue weighted by Crippen LogP contribution is 2.17. The van der Waals surface area contributed by atoms with E-state index >= 15 is 0 Å². The van der Waals surface area contributed by atoms with Crippen LogP contribution in [-0.4, -0.2) is 28.9 Å². The van der Waals surface area contributed by atoms with Gasteiger partial charge in [-0.3, -0.25) is 9.59 Å². The van der Waals surface area contributed by atoms with Gasteiger partial charge >= 0.3 is 0 Å². The van der Waals surface area contributed by atoms with E-state index in [1.54, 1.807) is 23.1 Å². The van der Waals surface area contributed by atoms with Gasteiger partial charge in [0.1, 0.15) is 11.4 Å². The SMILES string of the molecule is O=C(c1ccc(-c2ccc(F)cc2)[nH]c1=O)N1CCCC1. The largest absolute Gasteiger partial charge is 0.338 e. The van der Waals surface area contributed by atoms with Gasteiger partial charge in [-0.1, -0.05) is 0 Å². The molecule has 1 N–H and O–H groups in total. The molecule has 0 bridgehead atoms. The molecular weight excluding hydrogens is 271 g/mol. The molecule has 1 fully saturated rings. The molecule has 1 saturated heterocycles. The molecule has 3 rings (SSSR count). The van der Waals surface area contributed by atoms with E-state index in [2.05, 4.69) is 4.98 Å². The summed E-state index contributed by atoms with van der Waals surface area (Å²) in [6.07, 6.45) is 1.97. The number of nitrogens with one attached hydrogen (secondary N) is 1. The zero-order chi connectivity index (χ0) is 14.8. The minimum atomic E-state index is -0.409. The Balaban J connectivity index is 1.91. The lowest BCUT2D eigenvalue weighted by atomic mass is 10.1. The van der Waals surface area contributed by atoms with E-state index < -0.39 is 5.56 Å². The third-order valence-corrected chi connectivity index (χ3v) is 3.69. The monoisotopic (exact) mass is 286 g/mol. The van der Waals surface area contributed by atoms with Crippen LogP contribution in [0, 0.1) is 5.82 Å². The fraction of sp³-hybridized carbons (Fsp3) is 0.250. The van der Waals surface area contributed by atoms with Gasteiger partial charge in [-0.2, -0.15) is 0 Å². The van der Waals surface area contributed by atoms with Gasteiger partial charge < -0.3 is 9.88 Å². The lowest BCUT2D eigenvalue weighted by Gasteiger charge is -2.14. The zero-order valence-electron chi connectivity index (χ0n) is 11.4. The Morgan fingerprint density at radius 1 is 1.05 bits per heavy atom. The predicted molar refractivity (Wildman–Crippen MR) is 77.6 cm³/mol. The molecule has 21 heavy (non-hydrogen) atoms. The Labute approximate surface area is 121 Å². The van der Waals surface area contributed by atoms with E-state index in [4.69, 9.17) is 0 Å². The molecule has 0 atom stereocenters. The van der Waals surface area contributed by atoms with Gasteiger partial charge in [-0.15, -0.1) is 0 Å². The van der Waals surface area contributed by atoms with Gasteiger partial charge in [0.15, 0.2) is 0 Å². The number of nitrogens with zero attached hydrogens (tertiary/aromatic N) is 1. The fourth-order valence-electron chi connectivity index (χ4n) is 2.53. The third kappa shape index (κ3) is 2.72. The van der Waals surface area contributed by atoms with Crippen molar-refractivity contribution in [3.8, 4) is 11.3 Å². The molecule has 4 nitrogen and oxygen atoms in total. The van der Waals surface area contributed by atoms with E-state index in [1.807, 2.05) is 0 Å². The second-order valence-corrected chi connectivity index (χ2v) is 5.12. The maximum absolute atomic E-state index is 12.9.